The first-order valence-electron chi connectivity index (χ1n) is 12.3. The zero-order valence-corrected chi connectivity index (χ0v) is 24.2. The van der Waals surface area contributed by atoms with Gasteiger partial charge in [0.05, 0.1) is 20.1 Å². The zero-order chi connectivity index (χ0) is 27.2. The Kier molecular flexibility index (Phi) is 7.45. The number of fused-ring (bicyclic) bond motifs is 1. The molecule has 3 aromatic carbocycles. The van der Waals surface area contributed by atoms with Crippen molar-refractivity contribution in [2.45, 2.75) is 59.0 Å². The second kappa shape index (κ2) is 10.1. The molecule has 0 aliphatic carbocycles. The van der Waals surface area contributed by atoms with Crippen molar-refractivity contribution in [2.75, 3.05) is 0 Å². The number of aromatic carboxylic acids is 1. The Bertz CT molecular complexity index is 1380. The summed E-state index contributed by atoms with van der Waals surface area (Å²) in [4.78, 5) is 25.5. The number of aromatic hydroxyl groups is 2. The lowest BCUT2D eigenvalue weighted by Gasteiger charge is -2.37. The average Bonchev–Trinajstić information content (AvgIpc) is 3.17. The van der Waals surface area contributed by atoms with Gasteiger partial charge in [0.2, 0.25) is 0 Å². The van der Waals surface area contributed by atoms with Crippen molar-refractivity contribution in [2.24, 2.45) is 0 Å². The molecule has 3 N–H and O–H groups in total. The third-order valence-corrected chi connectivity index (χ3v) is 8.78. The summed E-state index contributed by atoms with van der Waals surface area (Å²) in [6.07, 6.45) is 2.35. The average molecular weight is 632 g/mol. The van der Waals surface area contributed by atoms with Crippen molar-refractivity contribution >= 4 is 43.8 Å². The summed E-state index contributed by atoms with van der Waals surface area (Å²) in [5.41, 5.74) is 3.46. The minimum Gasteiger partial charge on any atom is -0.507 e. The Balaban J connectivity index is 2.35. The number of hydrogen-bond donors (Lipinski definition) is 3. The number of rotatable bonds is 7. The molecule has 0 saturated carbocycles. The van der Waals surface area contributed by atoms with Gasteiger partial charge in [0.25, 0.3) is 0 Å². The number of benzene rings is 3. The Labute approximate surface area is 232 Å². The molecule has 1 aliphatic heterocycles. The molecule has 1 heterocycles. The molecule has 6 nitrogen and oxygen atoms in total. The molecule has 1 aliphatic rings. The van der Waals surface area contributed by atoms with Gasteiger partial charge in [-0.1, -0.05) is 27.7 Å². The van der Waals surface area contributed by atoms with Gasteiger partial charge in [-0.15, -0.1) is 0 Å². The quantitative estimate of drug-likeness (QED) is 0.242. The van der Waals surface area contributed by atoms with Crippen LogP contribution >= 0.6 is 31.9 Å². The fourth-order valence-corrected chi connectivity index (χ4v) is 6.80. The molecule has 37 heavy (non-hydrogen) atoms. The van der Waals surface area contributed by atoms with Gasteiger partial charge < -0.3 is 20.1 Å². The van der Waals surface area contributed by atoms with E-state index in [0.29, 0.717) is 51.3 Å². The maximum Gasteiger partial charge on any atom is 0.340 e. The summed E-state index contributed by atoms with van der Waals surface area (Å²) in [5.74, 6) is -1.80. The number of aryl methyl sites for hydroxylation is 2. The lowest BCUT2D eigenvalue weighted by atomic mass is 9.73. The molecule has 0 spiro atoms. The van der Waals surface area contributed by atoms with Crippen LogP contribution in [0.4, 0.5) is 0 Å². The second-order valence-corrected chi connectivity index (χ2v) is 10.6. The summed E-state index contributed by atoms with van der Waals surface area (Å²) < 4.78 is 7.06. The van der Waals surface area contributed by atoms with E-state index in [1.807, 2.05) is 27.7 Å². The van der Waals surface area contributed by atoms with Gasteiger partial charge in [-0.2, -0.15) is 0 Å². The van der Waals surface area contributed by atoms with E-state index >= 15 is 0 Å². The normalized spacial score (nSPS) is 13.9. The summed E-state index contributed by atoms with van der Waals surface area (Å²) in [7, 11) is 0. The third kappa shape index (κ3) is 4.05. The van der Waals surface area contributed by atoms with Gasteiger partial charge in [-0.05, 0) is 110 Å². The molecule has 0 radical (unpaired) electrons. The molecule has 0 bridgehead atoms. The van der Waals surface area contributed by atoms with E-state index in [9.17, 15) is 24.9 Å². The maximum absolute atomic E-state index is 13.5. The predicted molar refractivity (Wildman–Crippen MR) is 148 cm³/mol. The Morgan fingerprint density at radius 1 is 0.838 bits per heavy atom. The van der Waals surface area contributed by atoms with E-state index < -0.39 is 17.5 Å². The highest BCUT2D eigenvalue weighted by Crippen LogP contribution is 2.56. The number of ether oxygens (including phenoxy) is 1. The summed E-state index contributed by atoms with van der Waals surface area (Å²) in [6, 6.07) is 7.70. The standard InChI is InChI=1S/C29H28Br2O6/c1-5-14-12-21(32)25(30)23(17(14)7-3)29(24-18(8-4)15(6-2)13-22(33)26(24)31)20-11-16(27(34)35)9-10-19(20)28(36)37-29/h9-13,32-33H,5-8H2,1-4H3,(H,34,35). The van der Waals surface area contributed by atoms with E-state index in [2.05, 4.69) is 31.9 Å². The SMILES string of the molecule is CCc1cc(O)c(Br)c(C2(c3c(Br)c(O)cc(CC)c3CC)OC(=O)c3ccc(C(=O)O)cc32)c1CC. The second-order valence-electron chi connectivity index (χ2n) is 9.00. The highest BCUT2D eigenvalue weighted by atomic mass is 79.9. The summed E-state index contributed by atoms with van der Waals surface area (Å²) >= 11 is 7.17. The van der Waals surface area contributed by atoms with Crippen LogP contribution in [0.25, 0.3) is 0 Å². The first-order chi connectivity index (χ1) is 17.6. The van der Waals surface area contributed by atoms with Crippen LogP contribution in [-0.4, -0.2) is 27.3 Å². The molecule has 0 amide bonds. The molecule has 0 unspecified atom stereocenters. The van der Waals surface area contributed by atoms with Crippen LogP contribution in [0, 0.1) is 0 Å². The van der Waals surface area contributed by atoms with Crippen molar-refractivity contribution in [1.82, 2.24) is 0 Å². The first-order valence-corrected chi connectivity index (χ1v) is 13.8. The fraction of sp³-hybridized carbons (Fsp3) is 0.310. The van der Waals surface area contributed by atoms with E-state index in [0.717, 1.165) is 22.3 Å². The molecule has 0 aromatic heterocycles. The number of carboxylic acid groups (broad SMARTS) is 1. The summed E-state index contributed by atoms with van der Waals surface area (Å²) in [5, 5.41) is 31.9. The van der Waals surface area contributed by atoms with Gasteiger partial charge in [-0.25, -0.2) is 9.59 Å². The van der Waals surface area contributed by atoms with Crippen LogP contribution < -0.4 is 0 Å². The van der Waals surface area contributed by atoms with Crippen LogP contribution in [0.3, 0.4) is 0 Å². The van der Waals surface area contributed by atoms with Crippen LogP contribution in [0.5, 0.6) is 11.5 Å². The van der Waals surface area contributed by atoms with Gasteiger partial charge in [0.1, 0.15) is 11.5 Å². The first kappa shape index (κ1) is 27.2. The van der Waals surface area contributed by atoms with E-state index in [-0.39, 0.29) is 22.6 Å². The number of phenols is 2. The monoisotopic (exact) mass is 630 g/mol. The molecule has 0 fully saturated rings. The van der Waals surface area contributed by atoms with E-state index in [1.165, 1.54) is 18.2 Å². The number of carbonyl (C=O) groups excluding carboxylic acids is 1. The number of halogens is 2. The number of cyclic esters (lactones) is 1. The lowest BCUT2D eigenvalue weighted by Crippen LogP contribution is -2.34. The molecular formula is C29H28Br2O6. The van der Waals surface area contributed by atoms with Crippen LogP contribution in [0.15, 0.2) is 39.3 Å². The predicted octanol–water partition coefficient (Wildman–Crippen LogP) is 7.03. The van der Waals surface area contributed by atoms with Crippen LogP contribution in [0.1, 0.15) is 87.4 Å². The highest BCUT2D eigenvalue weighted by molar-refractivity contribution is 9.11. The summed E-state index contributed by atoms with van der Waals surface area (Å²) in [6.45, 7) is 7.92. The topological polar surface area (TPSA) is 104 Å². The molecule has 0 atom stereocenters. The van der Waals surface area contributed by atoms with Gasteiger partial charge in [0.15, 0.2) is 5.60 Å². The molecule has 194 valence electrons. The van der Waals surface area contributed by atoms with Crippen molar-refractivity contribution in [1.29, 1.82) is 0 Å². The minimum absolute atomic E-state index is 0.00324. The Morgan fingerprint density at radius 3 is 1.73 bits per heavy atom. The molecular weight excluding hydrogens is 604 g/mol. The van der Waals surface area contributed by atoms with Gasteiger partial charge in [-0.3, -0.25) is 0 Å². The van der Waals surface area contributed by atoms with Gasteiger partial charge >= 0.3 is 11.9 Å². The fourth-order valence-electron chi connectivity index (χ4n) is 5.54. The number of phenolic OH excluding ortho intramolecular Hbond substituents is 2. The Hall–Kier alpha value is -2.84. The zero-order valence-electron chi connectivity index (χ0n) is 21.0. The lowest BCUT2D eigenvalue weighted by molar-refractivity contribution is 0.0240. The van der Waals surface area contributed by atoms with Gasteiger partial charge in [0, 0.05) is 16.7 Å². The number of hydrogen-bond acceptors (Lipinski definition) is 5. The molecule has 3 aromatic rings. The molecule has 4 rings (SSSR count). The molecule has 0 saturated heterocycles. The van der Waals surface area contributed by atoms with E-state index in [4.69, 9.17) is 4.74 Å². The Morgan fingerprint density at radius 2 is 1.32 bits per heavy atom. The van der Waals surface area contributed by atoms with Crippen LogP contribution in [-0.2, 0) is 36.0 Å². The van der Waals surface area contributed by atoms with E-state index in [1.54, 1.807) is 12.1 Å². The highest BCUT2D eigenvalue weighted by Gasteiger charge is 2.54. The molecule has 8 heteroatoms. The minimum atomic E-state index is -1.64. The smallest absolute Gasteiger partial charge is 0.340 e. The van der Waals surface area contributed by atoms with Crippen molar-refractivity contribution in [3.63, 3.8) is 0 Å². The van der Waals surface area contributed by atoms with Crippen molar-refractivity contribution < 1.29 is 29.6 Å². The van der Waals surface area contributed by atoms with Crippen molar-refractivity contribution in [3.8, 4) is 11.5 Å². The number of carbonyl (C=O) groups is 2. The number of carboxylic acids is 1. The largest absolute Gasteiger partial charge is 0.507 e. The van der Waals surface area contributed by atoms with Crippen LogP contribution in [0.2, 0.25) is 0 Å². The van der Waals surface area contributed by atoms with Crippen molar-refractivity contribution in [3.05, 3.63) is 89.3 Å². The third-order valence-electron chi connectivity index (χ3n) is 7.17. The number of esters is 1. The maximum atomic E-state index is 13.5.